The molecule has 0 aliphatic rings. The SMILES string of the molecule is CC(C)CNC(=O)CC(=O)N/N=C/c1ccc(OCC(=O)N[C@H](C)c2ccccc2)cc1. The monoisotopic (exact) mass is 438 g/mol. The topological polar surface area (TPSA) is 109 Å². The van der Waals surface area contributed by atoms with Gasteiger partial charge in [-0.25, -0.2) is 5.43 Å². The molecule has 8 heteroatoms. The van der Waals surface area contributed by atoms with Crippen LogP contribution in [0.4, 0.5) is 0 Å². The minimum absolute atomic E-state index is 0.0977. The van der Waals surface area contributed by atoms with Gasteiger partial charge in [-0.3, -0.25) is 14.4 Å². The average molecular weight is 439 g/mol. The molecule has 0 aromatic heterocycles. The Bertz CT molecular complexity index is 911. The Morgan fingerprint density at radius 1 is 0.938 bits per heavy atom. The highest BCUT2D eigenvalue weighted by Gasteiger charge is 2.10. The van der Waals surface area contributed by atoms with Crippen LogP contribution in [0.1, 0.15) is 44.4 Å². The van der Waals surface area contributed by atoms with E-state index in [-0.39, 0.29) is 30.9 Å². The van der Waals surface area contributed by atoms with E-state index in [1.807, 2.05) is 51.1 Å². The van der Waals surface area contributed by atoms with E-state index in [2.05, 4.69) is 21.2 Å². The van der Waals surface area contributed by atoms with Gasteiger partial charge in [0.2, 0.25) is 11.8 Å². The fourth-order valence-electron chi connectivity index (χ4n) is 2.65. The molecule has 170 valence electrons. The fraction of sp³-hybridized carbons (Fsp3) is 0.333. The van der Waals surface area contributed by atoms with Crippen LogP contribution in [0.2, 0.25) is 0 Å². The summed E-state index contributed by atoms with van der Waals surface area (Å²) >= 11 is 0. The third kappa shape index (κ3) is 9.42. The van der Waals surface area contributed by atoms with Crippen LogP contribution in [0.25, 0.3) is 0 Å². The van der Waals surface area contributed by atoms with Crippen LogP contribution in [-0.2, 0) is 14.4 Å². The molecule has 0 saturated carbocycles. The molecule has 0 heterocycles. The number of ether oxygens (including phenoxy) is 1. The van der Waals surface area contributed by atoms with Crippen molar-refractivity contribution in [3.8, 4) is 5.75 Å². The van der Waals surface area contributed by atoms with Gasteiger partial charge in [0, 0.05) is 6.54 Å². The van der Waals surface area contributed by atoms with Crippen LogP contribution >= 0.6 is 0 Å². The molecule has 0 saturated heterocycles. The summed E-state index contributed by atoms with van der Waals surface area (Å²) < 4.78 is 5.51. The zero-order valence-electron chi connectivity index (χ0n) is 18.6. The summed E-state index contributed by atoms with van der Waals surface area (Å²) in [7, 11) is 0. The highest BCUT2D eigenvalue weighted by atomic mass is 16.5. The van der Waals surface area contributed by atoms with E-state index in [1.165, 1.54) is 6.21 Å². The summed E-state index contributed by atoms with van der Waals surface area (Å²) in [5.74, 6) is -0.185. The Morgan fingerprint density at radius 2 is 1.62 bits per heavy atom. The molecule has 3 N–H and O–H groups in total. The molecule has 0 unspecified atom stereocenters. The van der Waals surface area contributed by atoms with Crippen LogP contribution in [0.5, 0.6) is 5.75 Å². The zero-order chi connectivity index (χ0) is 23.3. The van der Waals surface area contributed by atoms with Crippen molar-refractivity contribution in [3.63, 3.8) is 0 Å². The van der Waals surface area contributed by atoms with Crippen molar-refractivity contribution in [1.29, 1.82) is 0 Å². The number of hydrogen-bond donors (Lipinski definition) is 3. The lowest BCUT2D eigenvalue weighted by molar-refractivity contribution is -0.129. The molecular formula is C24H30N4O4. The molecule has 2 aromatic rings. The van der Waals surface area contributed by atoms with E-state index < -0.39 is 5.91 Å². The van der Waals surface area contributed by atoms with Gasteiger partial charge < -0.3 is 15.4 Å². The summed E-state index contributed by atoms with van der Waals surface area (Å²) in [6, 6.07) is 16.5. The second-order valence-electron chi connectivity index (χ2n) is 7.73. The number of nitrogens with zero attached hydrogens (tertiary/aromatic N) is 1. The quantitative estimate of drug-likeness (QED) is 0.285. The van der Waals surface area contributed by atoms with E-state index in [1.54, 1.807) is 24.3 Å². The largest absolute Gasteiger partial charge is 0.484 e. The van der Waals surface area contributed by atoms with Gasteiger partial charge in [0.1, 0.15) is 12.2 Å². The van der Waals surface area contributed by atoms with Crippen molar-refractivity contribution in [3.05, 3.63) is 65.7 Å². The molecule has 0 fully saturated rings. The van der Waals surface area contributed by atoms with Crippen LogP contribution in [-0.4, -0.2) is 37.1 Å². The Balaban J connectivity index is 1.71. The lowest BCUT2D eigenvalue weighted by Crippen LogP contribution is -2.32. The summed E-state index contributed by atoms with van der Waals surface area (Å²) in [6.45, 7) is 6.29. The molecule has 2 aromatic carbocycles. The van der Waals surface area contributed by atoms with Crippen molar-refractivity contribution in [2.24, 2.45) is 11.0 Å². The van der Waals surface area contributed by atoms with Crippen LogP contribution < -0.4 is 20.8 Å². The molecule has 0 aliphatic heterocycles. The van der Waals surface area contributed by atoms with Crippen molar-refractivity contribution >= 4 is 23.9 Å². The Morgan fingerprint density at radius 3 is 2.28 bits per heavy atom. The van der Waals surface area contributed by atoms with Crippen molar-refractivity contribution in [2.75, 3.05) is 13.2 Å². The average Bonchev–Trinajstić information content (AvgIpc) is 2.77. The first-order chi connectivity index (χ1) is 15.3. The first-order valence-electron chi connectivity index (χ1n) is 10.5. The predicted octanol–water partition coefficient (Wildman–Crippen LogP) is 2.56. The van der Waals surface area contributed by atoms with Crippen molar-refractivity contribution in [1.82, 2.24) is 16.1 Å². The smallest absolute Gasteiger partial charge is 0.258 e. The number of hydrazone groups is 1. The second kappa shape index (κ2) is 12.9. The summed E-state index contributed by atoms with van der Waals surface area (Å²) in [4.78, 5) is 35.4. The number of carbonyl (C=O) groups excluding carboxylic acids is 3. The summed E-state index contributed by atoms with van der Waals surface area (Å²) in [6.07, 6.45) is 1.18. The molecule has 0 spiro atoms. The summed E-state index contributed by atoms with van der Waals surface area (Å²) in [5.41, 5.74) is 4.07. The maximum atomic E-state index is 12.1. The highest BCUT2D eigenvalue weighted by molar-refractivity contribution is 5.97. The Kier molecular flexibility index (Phi) is 9.90. The van der Waals surface area contributed by atoms with Gasteiger partial charge in [0.15, 0.2) is 6.61 Å². The predicted molar refractivity (Wildman–Crippen MR) is 123 cm³/mol. The molecule has 1 atom stereocenters. The molecule has 8 nitrogen and oxygen atoms in total. The lowest BCUT2D eigenvalue weighted by atomic mass is 10.1. The first kappa shape index (κ1) is 24.6. The lowest BCUT2D eigenvalue weighted by Gasteiger charge is -2.14. The van der Waals surface area contributed by atoms with Crippen LogP contribution in [0, 0.1) is 5.92 Å². The van der Waals surface area contributed by atoms with Crippen LogP contribution in [0.15, 0.2) is 59.7 Å². The van der Waals surface area contributed by atoms with E-state index in [0.717, 1.165) is 11.1 Å². The van der Waals surface area contributed by atoms with E-state index in [0.29, 0.717) is 18.2 Å². The van der Waals surface area contributed by atoms with Gasteiger partial charge in [-0.05, 0) is 48.2 Å². The molecule has 32 heavy (non-hydrogen) atoms. The number of hydrogen-bond acceptors (Lipinski definition) is 5. The number of nitrogens with one attached hydrogen (secondary N) is 3. The molecule has 0 radical (unpaired) electrons. The van der Waals surface area contributed by atoms with Gasteiger partial charge >= 0.3 is 0 Å². The van der Waals surface area contributed by atoms with Gasteiger partial charge in [-0.1, -0.05) is 44.2 Å². The normalized spacial score (nSPS) is 11.8. The van der Waals surface area contributed by atoms with E-state index >= 15 is 0 Å². The number of benzene rings is 2. The third-order valence-corrected chi connectivity index (χ3v) is 4.36. The molecule has 0 aliphatic carbocycles. The summed E-state index contributed by atoms with van der Waals surface area (Å²) in [5, 5.41) is 9.41. The van der Waals surface area contributed by atoms with Gasteiger partial charge in [0.25, 0.3) is 5.91 Å². The molecule has 2 rings (SSSR count). The maximum absolute atomic E-state index is 12.1. The van der Waals surface area contributed by atoms with E-state index in [9.17, 15) is 14.4 Å². The van der Waals surface area contributed by atoms with Crippen molar-refractivity contribution in [2.45, 2.75) is 33.2 Å². The van der Waals surface area contributed by atoms with E-state index in [4.69, 9.17) is 4.74 Å². The molecule has 0 bridgehead atoms. The van der Waals surface area contributed by atoms with Gasteiger partial charge in [-0.2, -0.15) is 5.10 Å². The van der Waals surface area contributed by atoms with Gasteiger partial charge in [-0.15, -0.1) is 0 Å². The molecular weight excluding hydrogens is 408 g/mol. The number of rotatable bonds is 11. The zero-order valence-corrected chi connectivity index (χ0v) is 18.6. The third-order valence-electron chi connectivity index (χ3n) is 4.36. The number of carbonyl (C=O) groups is 3. The maximum Gasteiger partial charge on any atom is 0.258 e. The number of amides is 3. The molecule has 3 amide bonds. The minimum atomic E-state index is -0.488. The van der Waals surface area contributed by atoms with Crippen LogP contribution in [0.3, 0.4) is 0 Å². The Labute approximate surface area is 188 Å². The minimum Gasteiger partial charge on any atom is -0.484 e. The standard InChI is InChI=1S/C24H30N4O4/c1-17(2)14-25-22(29)13-23(30)28-26-15-19-9-11-21(12-10-19)32-16-24(31)27-18(3)20-7-5-4-6-8-20/h4-12,15,17-18H,13-14,16H2,1-3H3,(H,25,29)(H,27,31)(H,28,30)/b26-15+/t18-/m1/s1. The second-order valence-corrected chi connectivity index (χ2v) is 7.73. The van der Waals surface area contributed by atoms with Gasteiger partial charge in [0.05, 0.1) is 12.3 Å². The fourth-order valence-corrected chi connectivity index (χ4v) is 2.65. The van der Waals surface area contributed by atoms with Crippen molar-refractivity contribution < 1.29 is 19.1 Å². The first-order valence-corrected chi connectivity index (χ1v) is 10.5. The Hall–Kier alpha value is -3.68. The highest BCUT2D eigenvalue weighted by Crippen LogP contribution is 2.13.